The summed E-state index contributed by atoms with van der Waals surface area (Å²) in [6.07, 6.45) is 3.28. The molecule has 120 valence electrons. The minimum Gasteiger partial charge on any atom is -0.469 e. The Bertz CT molecular complexity index is 532. The van der Waals surface area contributed by atoms with Gasteiger partial charge in [0.15, 0.2) is 0 Å². The lowest BCUT2D eigenvalue weighted by atomic mass is 9.95. The van der Waals surface area contributed by atoms with Gasteiger partial charge in [-0.05, 0) is 23.1 Å². The lowest BCUT2D eigenvalue weighted by Crippen LogP contribution is -2.06. The molecule has 1 aromatic rings. The molecule has 0 aliphatic heterocycles. The molecule has 0 N–H and O–H groups in total. The standard InChI is InChI=1S/C18H24O4/c1-13(2)15-6-5-7-16(12-15)14(3)10-11-22-18(20)9-8-17(19)21-4/h5-7,10-14H,8-9H2,1-4H3/b11-10+. The Morgan fingerprint density at radius 2 is 1.73 bits per heavy atom. The molecule has 1 atom stereocenters. The molecule has 0 radical (unpaired) electrons. The van der Waals surface area contributed by atoms with Gasteiger partial charge in [0.25, 0.3) is 0 Å². The van der Waals surface area contributed by atoms with Gasteiger partial charge in [0, 0.05) is 5.92 Å². The third-order valence-corrected chi connectivity index (χ3v) is 3.43. The van der Waals surface area contributed by atoms with Crippen molar-refractivity contribution in [2.75, 3.05) is 7.11 Å². The second-order valence-corrected chi connectivity index (χ2v) is 5.51. The number of hydrogen-bond donors (Lipinski definition) is 0. The maximum atomic E-state index is 11.4. The predicted molar refractivity (Wildman–Crippen MR) is 85.4 cm³/mol. The number of allylic oxidation sites excluding steroid dienone is 1. The van der Waals surface area contributed by atoms with E-state index in [1.54, 1.807) is 0 Å². The smallest absolute Gasteiger partial charge is 0.311 e. The topological polar surface area (TPSA) is 52.6 Å². The van der Waals surface area contributed by atoms with Gasteiger partial charge in [0.2, 0.25) is 0 Å². The molecule has 0 fully saturated rings. The SMILES string of the molecule is COC(=O)CCC(=O)O/C=C/C(C)c1cccc(C(C)C)c1. The summed E-state index contributed by atoms with van der Waals surface area (Å²) in [5.41, 5.74) is 2.46. The molecule has 1 aromatic carbocycles. The summed E-state index contributed by atoms with van der Waals surface area (Å²) in [6, 6.07) is 8.37. The fraction of sp³-hybridized carbons (Fsp3) is 0.444. The summed E-state index contributed by atoms with van der Waals surface area (Å²) >= 11 is 0. The Balaban J connectivity index is 2.50. The van der Waals surface area contributed by atoms with E-state index in [2.05, 4.69) is 36.8 Å². The summed E-state index contributed by atoms with van der Waals surface area (Å²) in [6.45, 7) is 6.35. The largest absolute Gasteiger partial charge is 0.469 e. The molecule has 0 spiro atoms. The van der Waals surface area contributed by atoms with Crippen LogP contribution in [0.3, 0.4) is 0 Å². The monoisotopic (exact) mass is 304 g/mol. The number of ether oxygens (including phenoxy) is 2. The highest BCUT2D eigenvalue weighted by Gasteiger charge is 2.08. The minimum absolute atomic E-state index is 0.0221. The minimum atomic E-state index is -0.440. The lowest BCUT2D eigenvalue weighted by Gasteiger charge is -2.11. The van der Waals surface area contributed by atoms with Crippen molar-refractivity contribution in [1.82, 2.24) is 0 Å². The lowest BCUT2D eigenvalue weighted by molar-refractivity contribution is -0.145. The van der Waals surface area contributed by atoms with Gasteiger partial charge in [-0.3, -0.25) is 9.59 Å². The molecule has 22 heavy (non-hydrogen) atoms. The molecule has 0 bridgehead atoms. The normalized spacial score (nSPS) is 12.4. The van der Waals surface area contributed by atoms with E-state index in [-0.39, 0.29) is 18.8 Å². The molecular formula is C18H24O4. The number of carbonyl (C=O) groups is 2. The van der Waals surface area contributed by atoms with Gasteiger partial charge in [-0.2, -0.15) is 0 Å². The third kappa shape index (κ3) is 6.12. The van der Waals surface area contributed by atoms with Crippen LogP contribution < -0.4 is 0 Å². The third-order valence-electron chi connectivity index (χ3n) is 3.43. The first-order valence-corrected chi connectivity index (χ1v) is 7.46. The average molecular weight is 304 g/mol. The Morgan fingerprint density at radius 3 is 2.36 bits per heavy atom. The molecule has 0 aromatic heterocycles. The van der Waals surface area contributed by atoms with Crippen LogP contribution in [0, 0.1) is 0 Å². The van der Waals surface area contributed by atoms with E-state index in [1.165, 1.54) is 24.5 Å². The first kappa shape index (κ1) is 18.0. The van der Waals surface area contributed by atoms with E-state index in [0.717, 1.165) is 0 Å². The Kier molecular flexibility index (Phi) is 7.37. The Hall–Kier alpha value is -2.10. The zero-order valence-electron chi connectivity index (χ0n) is 13.7. The highest BCUT2D eigenvalue weighted by atomic mass is 16.5. The summed E-state index contributed by atoms with van der Waals surface area (Å²) in [7, 11) is 1.29. The van der Waals surface area contributed by atoms with Gasteiger partial charge in [-0.15, -0.1) is 0 Å². The van der Waals surface area contributed by atoms with Crippen LogP contribution >= 0.6 is 0 Å². The fourth-order valence-electron chi connectivity index (χ4n) is 1.91. The van der Waals surface area contributed by atoms with Crippen LogP contribution in [0.4, 0.5) is 0 Å². The number of esters is 2. The molecule has 1 rings (SSSR count). The van der Waals surface area contributed by atoms with Crippen LogP contribution in [0.1, 0.15) is 56.6 Å². The summed E-state index contributed by atoms with van der Waals surface area (Å²) in [5, 5.41) is 0. The van der Waals surface area contributed by atoms with Crippen molar-refractivity contribution in [1.29, 1.82) is 0 Å². The van der Waals surface area contributed by atoms with Gasteiger partial charge in [-0.25, -0.2) is 0 Å². The van der Waals surface area contributed by atoms with Crippen LogP contribution in [0.2, 0.25) is 0 Å². The molecule has 4 nitrogen and oxygen atoms in total. The molecule has 0 amide bonds. The van der Waals surface area contributed by atoms with Gasteiger partial charge in [0.1, 0.15) is 0 Å². The van der Waals surface area contributed by atoms with Crippen molar-refractivity contribution >= 4 is 11.9 Å². The van der Waals surface area contributed by atoms with Crippen molar-refractivity contribution < 1.29 is 19.1 Å². The first-order valence-electron chi connectivity index (χ1n) is 7.46. The second kappa shape index (κ2) is 9.03. The molecular weight excluding hydrogens is 280 g/mol. The Labute approximate surface area is 132 Å². The molecule has 0 saturated heterocycles. The van der Waals surface area contributed by atoms with Crippen LogP contribution in [0.15, 0.2) is 36.6 Å². The fourth-order valence-corrected chi connectivity index (χ4v) is 1.91. The van der Waals surface area contributed by atoms with Crippen molar-refractivity contribution in [3.8, 4) is 0 Å². The van der Waals surface area contributed by atoms with Gasteiger partial charge >= 0.3 is 11.9 Å². The van der Waals surface area contributed by atoms with Crippen LogP contribution in [-0.2, 0) is 19.1 Å². The highest BCUT2D eigenvalue weighted by molar-refractivity contribution is 5.77. The predicted octanol–water partition coefficient (Wildman–Crippen LogP) is 3.92. The molecule has 1 unspecified atom stereocenters. The molecule has 0 aliphatic rings. The van der Waals surface area contributed by atoms with E-state index < -0.39 is 11.9 Å². The molecule has 0 heterocycles. The van der Waals surface area contributed by atoms with E-state index in [1.807, 2.05) is 19.1 Å². The van der Waals surface area contributed by atoms with Crippen molar-refractivity contribution in [3.05, 3.63) is 47.7 Å². The maximum Gasteiger partial charge on any atom is 0.311 e. The van der Waals surface area contributed by atoms with E-state index in [0.29, 0.717) is 5.92 Å². The van der Waals surface area contributed by atoms with Gasteiger partial charge < -0.3 is 9.47 Å². The summed E-state index contributed by atoms with van der Waals surface area (Å²) in [5.74, 6) is -0.232. The summed E-state index contributed by atoms with van der Waals surface area (Å²) < 4.78 is 9.45. The number of benzene rings is 1. The van der Waals surface area contributed by atoms with Gasteiger partial charge in [-0.1, -0.05) is 45.0 Å². The van der Waals surface area contributed by atoms with E-state index in [9.17, 15) is 9.59 Å². The molecule has 4 heteroatoms. The average Bonchev–Trinajstić information content (AvgIpc) is 2.52. The zero-order chi connectivity index (χ0) is 16.5. The van der Waals surface area contributed by atoms with Crippen LogP contribution in [0.5, 0.6) is 0 Å². The molecule has 0 saturated carbocycles. The number of hydrogen-bond acceptors (Lipinski definition) is 4. The number of carbonyl (C=O) groups excluding carboxylic acids is 2. The van der Waals surface area contributed by atoms with Crippen molar-refractivity contribution in [2.24, 2.45) is 0 Å². The van der Waals surface area contributed by atoms with Crippen molar-refractivity contribution in [2.45, 2.75) is 45.4 Å². The maximum absolute atomic E-state index is 11.4. The quantitative estimate of drug-likeness (QED) is 0.566. The van der Waals surface area contributed by atoms with Crippen molar-refractivity contribution in [3.63, 3.8) is 0 Å². The van der Waals surface area contributed by atoms with E-state index in [4.69, 9.17) is 4.74 Å². The zero-order valence-corrected chi connectivity index (χ0v) is 13.7. The highest BCUT2D eigenvalue weighted by Crippen LogP contribution is 2.22. The second-order valence-electron chi connectivity index (χ2n) is 5.51. The Morgan fingerprint density at radius 1 is 1.09 bits per heavy atom. The number of methoxy groups -OCH3 is 1. The van der Waals surface area contributed by atoms with Gasteiger partial charge in [0.05, 0.1) is 26.2 Å². The first-order chi connectivity index (χ1) is 10.4. The van der Waals surface area contributed by atoms with Crippen LogP contribution in [0.25, 0.3) is 0 Å². The van der Waals surface area contributed by atoms with E-state index >= 15 is 0 Å². The summed E-state index contributed by atoms with van der Waals surface area (Å²) in [4.78, 5) is 22.4. The number of rotatable bonds is 7. The molecule has 0 aliphatic carbocycles. The van der Waals surface area contributed by atoms with Crippen LogP contribution in [-0.4, -0.2) is 19.0 Å².